The van der Waals surface area contributed by atoms with Crippen molar-refractivity contribution < 1.29 is 13.2 Å². The number of carbonyl (C=O) groups is 1. The van der Waals surface area contributed by atoms with Crippen LogP contribution in [0, 0.1) is 6.92 Å². The van der Waals surface area contributed by atoms with Gasteiger partial charge in [-0.05, 0) is 50.5 Å². The van der Waals surface area contributed by atoms with Crippen molar-refractivity contribution >= 4 is 25.6 Å². The fraction of sp³-hybridized carbons (Fsp3) is 0.500. The standard InChI is InChI=1S/C14H20ClNO3S/c1-5-14(4,6-2)16-13(17)12-8-7-11(9-10(12)3)20(15,18)19/h7-9H,5-6H2,1-4H3,(H,16,17). The molecule has 0 aliphatic carbocycles. The Kier molecular flexibility index (Phi) is 5.21. The molecule has 0 saturated heterocycles. The fourth-order valence-electron chi connectivity index (χ4n) is 1.81. The predicted octanol–water partition coefficient (Wildman–Crippen LogP) is 3.23. The minimum absolute atomic E-state index is 0.00182. The van der Waals surface area contributed by atoms with Gasteiger partial charge in [0, 0.05) is 21.8 Å². The number of rotatable bonds is 5. The van der Waals surface area contributed by atoms with Crippen LogP contribution in [0.4, 0.5) is 0 Å². The molecule has 0 spiro atoms. The molecule has 0 unspecified atom stereocenters. The van der Waals surface area contributed by atoms with Crippen LogP contribution in [0.2, 0.25) is 0 Å². The van der Waals surface area contributed by atoms with Gasteiger partial charge >= 0.3 is 0 Å². The van der Waals surface area contributed by atoms with Crippen LogP contribution in [0.1, 0.15) is 49.5 Å². The molecule has 0 atom stereocenters. The summed E-state index contributed by atoms with van der Waals surface area (Å²) in [6, 6.07) is 4.25. The molecule has 0 saturated carbocycles. The van der Waals surface area contributed by atoms with E-state index in [1.165, 1.54) is 18.2 Å². The van der Waals surface area contributed by atoms with E-state index < -0.39 is 9.05 Å². The lowest BCUT2D eigenvalue weighted by Crippen LogP contribution is -2.45. The van der Waals surface area contributed by atoms with Crippen molar-refractivity contribution in [3.8, 4) is 0 Å². The van der Waals surface area contributed by atoms with E-state index in [1.54, 1.807) is 6.92 Å². The molecule has 20 heavy (non-hydrogen) atoms. The van der Waals surface area contributed by atoms with Crippen molar-refractivity contribution in [2.24, 2.45) is 0 Å². The van der Waals surface area contributed by atoms with Crippen LogP contribution in [0.3, 0.4) is 0 Å². The lowest BCUT2D eigenvalue weighted by molar-refractivity contribution is 0.0900. The van der Waals surface area contributed by atoms with Crippen LogP contribution >= 0.6 is 10.7 Å². The molecule has 6 heteroatoms. The van der Waals surface area contributed by atoms with E-state index in [-0.39, 0.29) is 16.3 Å². The molecule has 0 radical (unpaired) electrons. The topological polar surface area (TPSA) is 63.2 Å². The highest BCUT2D eigenvalue weighted by Gasteiger charge is 2.23. The molecule has 0 bridgehead atoms. The zero-order chi connectivity index (χ0) is 15.6. The molecule has 1 rings (SSSR count). The van der Waals surface area contributed by atoms with Gasteiger partial charge < -0.3 is 5.32 Å². The smallest absolute Gasteiger partial charge is 0.261 e. The minimum Gasteiger partial charge on any atom is -0.347 e. The summed E-state index contributed by atoms with van der Waals surface area (Å²) in [5.74, 6) is -0.202. The Bertz CT molecular complexity index is 607. The highest BCUT2D eigenvalue weighted by atomic mass is 35.7. The Labute approximate surface area is 124 Å². The van der Waals surface area contributed by atoms with Crippen molar-refractivity contribution in [2.75, 3.05) is 0 Å². The lowest BCUT2D eigenvalue weighted by atomic mass is 9.94. The third kappa shape index (κ3) is 3.96. The molecule has 1 aromatic carbocycles. The van der Waals surface area contributed by atoms with E-state index >= 15 is 0 Å². The Hall–Kier alpha value is -1.07. The monoisotopic (exact) mass is 317 g/mol. The molecule has 112 valence electrons. The van der Waals surface area contributed by atoms with E-state index in [0.717, 1.165) is 12.8 Å². The van der Waals surface area contributed by atoms with Gasteiger partial charge in [0.15, 0.2) is 0 Å². The molecule has 1 N–H and O–H groups in total. The van der Waals surface area contributed by atoms with Gasteiger partial charge in [-0.15, -0.1) is 0 Å². The average Bonchev–Trinajstić information content (AvgIpc) is 2.37. The molecule has 1 amide bonds. The maximum Gasteiger partial charge on any atom is 0.261 e. The molecule has 0 aliphatic heterocycles. The SMILES string of the molecule is CCC(C)(CC)NC(=O)c1ccc(S(=O)(=O)Cl)cc1C. The summed E-state index contributed by atoms with van der Waals surface area (Å²) in [6.45, 7) is 7.70. The summed E-state index contributed by atoms with van der Waals surface area (Å²) < 4.78 is 22.5. The van der Waals surface area contributed by atoms with Gasteiger partial charge in [0.2, 0.25) is 0 Å². The summed E-state index contributed by atoms with van der Waals surface area (Å²) in [5, 5.41) is 2.99. The Balaban J connectivity index is 3.07. The number of benzene rings is 1. The molecule has 0 aromatic heterocycles. The zero-order valence-corrected chi connectivity index (χ0v) is 13.7. The highest BCUT2D eigenvalue weighted by molar-refractivity contribution is 8.13. The highest BCUT2D eigenvalue weighted by Crippen LogP contribution is 2.20. The van der Waals surface area contributed by atoms with Crippen LogP contribution in [0.25, 0.3) is 0 Å². The third-order valence-corrected chi connectivity index (χ3v) is 5.05. The molecule has 0 aliphatic rings. The molecule has 4 nitrogen and oxygen atoms in total. The quantitative estimate of drug-likeness (QED) is 0.848. The maximum atomic E-state index is 12.3. The number of hydrogen-bond donors (Lipinski definition) is 1. The van der Waals surface area contributed by atoms with Crippen LogP contribution in [0.15, 0.2) is 23.1 Å². The lowest BCUT2D eigenvalue weighted by Gasteiger charge is -2.28. The molecular formula is C14H20ClNO3S. The molecule has 0 heterocycles. The predicted molar refractivity (Wildman–Crippen MR) is 80.7 cm³/mol. The van der Waals surface area contributed by atoms with Crippen LogP contribution < -0.4 is 5.32 Å². The van der Waals surface area contributed by atoms with Gasteiger partial charge in [-0.1, -0.05) is 13.8 Å². The first-order valence-corrected chi connectivity index (χ1v) is 8.81. The minimum atomic E-state index is -3.77. The van der Waals surface area contributed by atoms with Gasteiger partial charge in [0.1, 0.15) is 0 Å². The van der Waals surface area contributed by atoms with E-state index in [2.05, 4.69) is 5.32 Å². The normalized spacial score (nSPS) is 12.2. The van der Waals surface area contributed by atoms with Crippen molar-refractivity contribution in [3.63, 3.8) is 0 Å². The Morgan fingerprint density at radius 1 is 1.30 bits per heavy atom. The maximum absolute atomic E-state index is 12.3. The summed E-state index contributed by atoms with van der Waals surface area (Å²) in [6.07, 6.45) is 1.64. The summed E-state index contributed by atoms with van der Waals surface area (Å²) >= 11 is 0. The third-order valence-electron chi connectivity index (χ3n) is 3.70. The molecule has 1 aromatic rings. The van der Waals surface area contributed by atoms with Crippen molar-refractivity contribution in [1.29, 1.82) is 0 Å². The summed E-state index contributed by atoms with van der Waals surface area (Å²) in [7, 11) is 1.51. The van der Waals surface area contributed by atoms with Crippen LogP contribution in [0.5, 0.6) is 0 Å². The first-order chi connectivity index (χ1) is 9.13. The van der Waals surface area contributed by atoms with E-state index in [0.29, 0.717) is 11.1 Å². The second-order valence-electron chi connectivity index (χ2n) is 5.14. The number of nitrogens with one attached hydrogen (secondary N) is 1. The van der Waals surface area contributed by atoms with Gasteiger partial charge in [-0.2, -0.15) is 0 Å². The van der Waals surface area contributed by atoms with Gasteiger partial charge in [0.25, 0.3) is 15.0 Å². The zero-order valence-electron chi connectivity index (χ0n) is 12.2. The van der Waals surface area contributed by atoms with E-state index in [9.17, 15) is 13.2 Å². The summed E-state index contributed by atoms with van der Waals surface area (Å²) in [5.41, 5.74) is 0.779. The average molecular weight is 318 g/mol. The fourth-order valence-corrected chi connectivity index (χ4v) is 2.65. The van der Waals surface area contributed by atoms with Crippen molar-refractivity contribution in [3.05, 3.63) is 29.3 Å². The number of halogens is 1. The number of amides is 1. The Morgan fingerprint density at radius 3 is 2.25 bits per heavy atom. The molecular weight excluding hydrogens is 298 g/mol. The van der Waals surface area contributed by atoms with E-state index in [1.807, 2.05) is 20.8 Å². The first-order valence-electron chi connectivity index (χ1n) is 6.51. The van der Waals surface area contributed by atoms with Crippen molar-refractivity contribution in [1.82, 2.24) is 5.32 Å². The second-order valence-corrected chi connectivity index (χ2v) is 7.70. The van der Waals surface area contributed by atoms with Crippen LogP contribution in [-0.2, 0) is 9.05 Å². The van der Waals surface area contributed by atoms with E-state index in [4.69, 9.17) is 10.7 Å². The molecule has 0 fully saturated rings. The number of carbonyl (C=O) groups excluding carboxylic acids is 1. The first kappa shape index (κ1) is 17.0. The second kappa shape index (κ2) is 6.14. The van der Waals surface area contributed by atoms with Gasteiger partial charge in [0.05, 0.1) is 4.90 Å². The van der Waals surface area contributed by atoms with Crippen LogP contribution in [-0.4, -0.2) is 19.9 Å². The van der Waals surface area contributed by atoms with Crippen molar-refractivity contribution in [2.45, 2.75) is 51.0 Å². The number of hydrogen-bond acceptors (Lipinski definition) is 3. The van der Waals surface area contributed by atoms with Gasteiger partial charge in [-0.25, -0.2) is 8.42 Å². The Morgan fingerprint density at radius 2 is 1.85 bits per heavy atom. The number of aryl methyl sites for hydroxylation is 1. The van der Waals surface area contributed by atoms with Gasteiger partial charge in [-0.3, -0.25) is 4.79 Å². The largest absolute Gasteiger partial charge is 0.347 e. The summed E-state index contributed by atoms with van der Waals surface area (Å²) in [4.78, 5) is 12.3.